The molecule has 2 atom stereocenters. The van der Waals surface area contributed by atoms with Crippen LogP contribution in [0, 0.1) is 0 Å². The fourth-order valence-corrected chi connectivity index (χ4v) is 6.57. The third-order valence-corrected chi connectivity index (χ3v) is 9.53. The number of rotatable bonds is 16. The average molecular weight is 821 g/mol. The van der Waals surface area contributed by atoms with E-state index in [-0.39, 0.29) is 83.4 Å². The van der Waals surface area contributed by atoms with Gasteiger partial charge in [-0.3, -0.25) is 29.0 Å². The Morgan fingerprint density at radius 3 is 2.00 bits per heavy atom. The maximum absolute atomic E-state index is 13.4. The number of carbonyl (C=O) groups is 4. The van der Waals surface area contributed by atoms with Crippen LogP contribution in [0.2, 0.25) is 0 Å². The lowest BCUT2D eigenvalue weighted by atomic mass is 10.0. The Kier molecular flexibility index (Phi) is 14.5. The Balaban J connectivity index is 1.16. The van der Waals surface area contributed by atoms with Gasteiger partial charge in [0.25, 0.3) is 0 Å². The summed E-state index contributed by atoms with van der Waals surface area (Å²) >= 11 is 0. The van der Waals surface area contributed by atoms with E-state index < -0.39 is 23.9 Å². The molecule has 0 radical (unpaired) electrons. The summed E-state index contributed by atoms with van der Waals surface area (Å²) in [4.78, 5) is 62.8. The summed E-state index contributed by atoms with van der Waals surface area (Å²) in [6, 6.07) is 17.3. The van der Waals surface area contributed by atoms with Crippen molar-refractivity contribution in [2.75, 3.05) is 68.4 Å². The number of nitrogens with two attached hydrogens (primary N) is 3. The fraction of sp³-hybridized carbons (Fsp3) is 0.350. The number of aromatic nitrogens is 2. The molecule has 20 nitrogen and oxygen atoms in total. The Morgan fingerprint density at radius 2 is 1.35 bits per heavy atom. The van der Waals surface area contributed by atoms with E-state index in [2.05, 4.69) is 46.4 Å². The minimum Gasteiger partial charge on any atom is -0.423 e. The van der Waals surface area contributed by atoms with E-state index in [4.69, 9.17) is 26.7 Å². The van der Waals surface area contributed by atoms with E-state index >= 15 is 0 Å². The normalized spacial score (nSPS) is 16.3. The highest BCUT2D eigenvalue weighted by atomic mass is 16.5. The average Bonchev–Trinajstić information content (AvgIpc) is 3.90. The van der Waals surface area contributed by atoms with Crippen LogP contribution in [0.25, 0.3) is 0 Å². The molecule has 4 aromatic rings. The first kappa shape index (κ1) is 42.9. The number of nitrogens with zero attached hydrogens (tertiary/aromatic N) is 8. The number of nitrogen functional groups attached to an aromatic ring is 2. The monoisotopic (exact) mass is 820 g/mol. The number of para-hydroxylation sites is 1. The maximum atomic E-state index is 13.4. The molecule has 2 aliphatic rings. The van der Waals surface area contributed by atoms with Gasteiger partial charge in [-0.15, -0.1) is 20.5 Å². The standard InChI is InChI=1S/C40H48N14O6/c1-24(41)40(58)48-34-16-13-28(39(43)47-34)51-52-29-20-25(11-14-32(29)60-36(56)22-53-17-5-6-18-53)30-9-7-19-54(30)23-37(57)59-31-10-4-3-8-26(31)49-50-27-12-15-33(46-38(27)42)45-35(55)21-44-2/h3-4,8,10-16,20,24,30,44H,5-7,9,17-19,21-23,41H2,1-2H3,(H3,42,45,46,55)(H3,43,47,48,58)/t24-,30?/m0/s1. The first-order chi connectivity index (χ1) is 28.9. The Labute approximate surface area is 346 Å². The van der Waals surface area contributed by atoms with Crippen LogP contribution < -0.4 is 42.6 Å². The molecule has 9 N–H and O–H groups in total. The number of amides is 2. The molecule has 4 heterocycles. The lowest BCUT2D eigenvalue weighted by Gasteiger charge is -2.24. The van der Waals surface area contributed by atoms with Gasteiger partial charge in [-0.05, 0) is 113 Å². The number of hydrogen-bond acceptors (Lipinski definition) is 18. The van der Waals surface area contributed by atoms with E-state index in [9.17, 15) is 19.2 Å². The molecule has 20 heteroatoms. The lowest BCUT2D eigenvalue weighted by molar-refractivity contribution is -0.136. The number of likely N-dealkylation sites (N-methyl/N-ethyl adjacent to an activating group) is 1. The minimum atomic E-state index is -0.742. The van der Waals surface area contributed by atoms with Crippen LogP contribution >= 0.6 is 0 Å². The summed E-state index contributed by atoms with van der Waals surface area (Å²) in [7, 11) is 1.66. The van der Waals surface area contributed by atoms with Crippen molar-refractivity contribution >= 4 is 69.8 Å². The highest BCUT2D eigenvalue weighted by molar-refractivity contribution is 5.94. The summed E-state index contributed by atoms with van der Waals surface area (Å²) < 4.78 is 11.6. The van der Waals surface area contributed by atoms with Crippen LogP contribution in [-0.2, 0) is 19.2 Å². The van der Waals surface area contributed by atoms with Crippen molar-refractivity contribution in [2.24, 2.45) is 26.2 Å². The summed E-state index contributed by atoms with van der Waals surface area (Å²) in [5, 5.41) is 25.2. The zero-order chi connectivity index (χ0) is 42.6. The molecule has 60 heavy (non-hydrogen) atoms. The molecule has 1 unspecified atom stereocenters. The Bertz CT molecular complexity index is 2260. The van der Waals surface area contributed by atoms with Crippen molar-refractivity contribution in [1.82, 2.24) is 25.1 Å². The van der Waals surface area contributed by atoms with Crippen LogP contribution in [0.1, 0.15) is 44.2 Å². The molecule has 2 amide bonds. The van der Waals surface area contributed by atoms with Gasteiger partial charge in [-0.2, -0.15) is 0 Å². The van der Waals surface area contributed by atoms with Crippen molar-refractivity contribution in [2.45, 2.75) is 44.7 Å². The minimum absolute atomic E-state index is 0.0101. The van der Waals surface area contributed by atoms with Crippen molar-refractivity contribution in [3.8, 4) is 11.5 Å². The molecule has 0 bridgehead atoms. The van der Waals surface area contributed by atoms with E-state index in [0.29, 0.717) is 12.2 Å². The zero-order valence-corrected chi connectivity index (χ0v) is 33.3. The number of esters is 2. The maximum Gasteiger partial charge on any atom is 0.325 e. The zero-order valence-electron chi connectivity index (χ0n) is 33.3. The van der Waals surface area contributed by atoms with Gasteiger partial charge in [0.2, 0.25) is 11.8 Å². The lowest BCUT2D eigenvalue weighted by Crippen LogP contribution is -2.32. The van der Waals surface area contributed by atoms with Gasteiger partial charge >= 0.3 is 11.9 Å². The second-order valence-corrected chi connectivity index (χ2v) is 14.2. The number of azo groups is 2. The third kappa shape index (κ3) is 11.7. The van der Waals surface area contributed by atoms with Crippen LogP contribution in [0.4, 0.5) is 46.0 Å². The van der Waals surface area contributed by atoms with Gasteiger partial charge in [0, 0.05) is 6.04 Å². The molecule has 0 saturated carbocycles. The summed E-state index contributed by atoms with van der Waals surface area (Å²) in [6.45, 7) is 4.04. The predicted molar refractivity (Wildman–Crippen MR) is 224 cm³/mol. The molecular weight excluding hydrogens is 773 g/mol. The number of hydrogen-bond donors (Lipinski definition) is 6. The summed E-state index contributed by atoms with van der Waals surface area (Å²) in [5.41, 5.74) is 19.7. The van der Waals surface area contributed by atoms with Crippen molar-refractivity contribution in [3.05, 3.63) is 72.3 Å². The molecule has 314 valence electrons. The molecule has 2 aromatic carbocycles. The molecule has 2 fully saturated rings. The molecule has 0 spiro atoms. The predicted octanol–water partition coefficient (Wildman–Crippen LogP) is 4.66. The molecule has 2 aromatic heterocycles. The van der Waals surface area contributed by atoms with Crippen LogP contribution in [0.3, 0.4) is 0 Å². The highest BCUT2D eigenvalue weighted by Gasteiger charge is 2.30. The van der Waals surface area contributed by atoms with Gasteiger partial charge in [-0.1, -0.05) is 18.2 Å². The van der Waals surface area contributed by atoms with Crippen LogP contribution in [0.5, 0.6) is 11.5 Å². The van der Waals surface area contributed by atoms with E-state index in [1.807, 2.05) is 15.9 Å². The van der Waals surface area contributed by atoms with Crippen LogP contribution in [0.15, 0.2) is 87.2 Å². The highest BCUT2D eigenvalue weighted by Crippen LogP contribution is 2.39. The first-order valence-electron chi connectivity index (χ1n) is 19.4. The Morgan fingerprint density at radius 1 is 0.750 bits per heavy atom. The number of ether oxygens (including phenoxy) is 2. The third-order valence-electron chi connectivity index (χ3n) is 9.53. The number of carbonyl (C=O) groups excluding carboxylic acids is 4. The first-order valence-corrected chi connectivity index (χ1v) is 19.4. The molecule has 6 rings (SSSR count). The smallest absolute Gasteiger partial charge is 0.325 e. The fourth-order valence-electron chi connectivity index (χ4n) is 6.57. The summed E-state index contributed by atoms with van der Waals surface area (Å²) in [5.74, 6) is -0.697. The quantitative estimate of drug-likeness (QED) is 0.0510. The van der Waals surface area contributed by atoms with E-state index in [0.717, 1.165) is 44.3 Å². The van der Waals surface area contributed by atoms with Gasteiger partial charge in [0.15, 0.2) is 23.1 Å². The number of anilines is 4. The van der Waals surface area contributed by atoms with Crippen molar-refractivity contribution in [1.29, 1.82) is 0 Å². The second-order valence-electron chi connectivity index (χ2n) is 14.2. The van der Waals surface area contributed by atoms with Crippen molar-refractivity contribution < 1.29 is 28.7 Å². The van der Waals surface area contributed by atoms with Crippen LogP contribution in [-0.4, -0.2) is 95.9 Å². The van der Waals surface area contributed by atoms with E-state index in [1.54, 1.807) is 68.6 Å². The van der Waals surface area contributed by atoms with Gasteiger partial charge in [0.1, 0.15) is 34.4 Å². The van der Waals surface area contributed by atoms with E-state index in [1.165, 1.54) is 6.07 Å². The van der Waals surface area contributed by atoms with Crippen molar-refractivity contribution in [3.63, 3.8) is 0 Å². The second kappa shape index (κ2) is 20.3. The van der Waals surface area contributed by atoms with Gasteiger partial charge < -0.3 is 42.6 Å². The SMILES string of the molecule is CNCC(=O)Nc1ccc(N=Nc2ccccc2OC(=O)CN2CCCC2c2ccc(OC(=O)CN3CCCC3)c(N=Nc3ccc(NC(=O)[C@H](C)N)nc3N)c2)c(N)n1. The molecule has 2 saturated heterocycles. The molecular formula is C40H48N14O6. The summed E-state index contributed by atoms with van der Waals surface area (Å²) in [6.07, 6.45) is 3.60. The topological polar surface area (TPSA) is 283 Å². The largest absolute Gasteiger partial charge is 0.423 e. The number of benzene rings is 2. The molecule has 0 aliphatic carbocycles. The number of likely N-dealkylation sites (tertiary alicyclic amines) is 2. The number of pyridine rings is 2. The Hall–Kier alpha value is -6.74. The number of nitrogens with one attached hydrogen (secondary N) is 3. The van der Waals surface area contributed by atoms with Gasteiger partial charge in [0.05, 0.1) is 25.7 Å². The van der Waals surface area contributed by atoms with Gasteiger partial charge in [-0.25, -0.2) is 9.97 Å². The molecule has 2 aliphatic heterocycles.